The maximum atomic E-state index is 6.89. The minimum absolute atomic E-state index is 0.00426. The van der Waals surface area contributed by atoms with Crippen molar-refractivity contribution < 1.29 is 0 Å². The molecule has 7 nitrogen and oxygen atoms in total. The van der Waals surface area contributed by atoms with Crippen molar-refractivity contribution in [3.8, 4) is 0 Å². The van der Waals surface area contributed by atoms with Gasteiger partial charge in [0.05, 0.1) is 7.85 Å². The van der Waals surface area contributed by atoms with Crippen molar-refractivity contribution in [3.05, 3.63) is 18.1 Å². The first kappa shape index (κ1) is 29.7. The van der Waals surface area contributed by atoms with Crippen molar-refractivity contribution in [2.24, 2.45) is 0 Å². The summed E-state index contributed by atoms with van der Waals surface area (Å²) in [5.41, 5.74) is 1.06. The van der Waals surface area contributed by atoms with Crippen LogP contribution < -0.4 is 20.4 Å². The second-order valence-corrected chi connectivity index (χ2v) is 13.4. The van der Waals surface area contributed by atoms with Crippen LogP contribution in [0.25, 0.3) is 0 Å². The third-order valence-corrected chi connectivity index (χ3v) is 7.65. The number of nitrogens with one attached hydrogen (secondary N) is 2. The fraction of sp³-hybridized carbons (Fsp3) is 0.828. The molecule has 3 heterocycles. The summed E-state index contributed by atoms with van der Waals surface area (Å²) >= 11 is 0. The zero-order chi connectivity index (χ0) is 27.6. The Balaban J connectivity index is 2.05. The molecule has 3 rings (SSSR count). The van der Waals surface area contributed by atoms with Gasteiger partial charge in [0, 0.05) is 47.4 Å². The molecular weight excluding hydrogens is 457 g/mol. The van der Waals surface area contributed by atoms with E-state index in [2.05, 4.69) is 82.4 Å². The molecule has 2 aliphatic rings. The van der Waals surface area contributed by atoms with Crippen LogP contribution in [0.2, 0.25) is 0 Å². The number of unbranched alkanes of at least 4 members (excludes halogenated alkanes) is 1. The van der Waals surface area contributed by atoms with Gasteiger partial charge in [-0.15, -0.1) is 0 Å². The van der Waals surface area contributed by atoms with Crippen molar-refractivity contribution >= 4 is 19.7 Å². The molecule has 0 aliphatic carbocycles. The van der Waals surface area contributed by atoms with E-state index in [-0.39, 0.29) is 28.6 Å². The summed E-state index contributed by atoms with van der Waals surface area (Å²) < 4.78 is 0. The molecule has 2 N–H and O–H groups in total. The predicted octanol–water partition coefficient (Wildman–Crippen LogP) is 5.24. The fourth-order valence-corrected chi connectivity index (χ4v) is 6.70. The molecular formula is C29H52BN7. The van der Waals surface area contributed by atoms with Crippen LogP contribution in [0, 0.1) is 6.92 Å². The zero-order valence-electron chi connectivity index (χ0n) is 25.1. The van der Waals surface area contributed by atoms with Gasteiger partial charge in [-0.25, -0.2) is 0 Å². The van der Waals surface area contributed by atoms with E-state index >= 15 is 0 Å². The summed E-state index contributed by atoms with van der Waals surface area (Å²) in [5.74, 6) is 2.09. The SMILES string of the molecule is [B]C(CCC)N(c1nc(C)nc(N(CCCC)C2CC(=C)NC(C)(C)C2)n1)C1CC(C)(C)NC(C)(C)C1. The maximum Gasteiger partial charge on any atom is 0.230 e. The average molecular weight is 510 g/mol. The van der Waals surface area contributed by atoms with Crippen LogP contribution in [0.5, 0.6) is 0 Å². The van der Waals surface area contributed by atoms with E-state index in [0.717, 1.165) is 81.3 Å². The molecule has 0 aromatic carbocycles. The van der Waals surface area contributed by atoms with Crippen LogP contribution >= 0.6 is 0 Å². The predicted molar refractivity (Wildman–Crippen MR) is 157 cm³/mol. The lowest BCUT2D eigenvalue weighted by Gasteiger charge is -2.51. The zero-order valence-corrected chi connectivity index (χ0v) is 25.1. The standard InChI is InChI=1S/C29H52BN7/c1-11-13-15-36(22-16-20(3)34-27(5,6)17-22)25-31-21(4)32-26(33-25)37(24(30)14-12-2)23-18-28(7,8)35-29(9,10)19-23/h22-24,34-35H,3,11-19H2,1-2,4-10H3. The number of rotatable bonds is 10. The van der Waals surface area contributed by atoms with E-state index < -0.39 is 0 Å². The smallest absolute Gasteiger partial charge is 0.230 e. The Labute approximate surface area is 228 Å². The van der Waals surface area contributed by atoms with Gasteiger partial charge >= 0.3 is 0 Å². The Bertz CT molecular complexity index is 913. The van der Waals surface area contributed by atoms with Crippen LogP contribution in [-0.4, -0.2) is 64.0 Å². The van der Waals surface area contributed by atoms with E-state index in [1.807, 2.05) is 6.92 Å². The molecule has 37 heavy (non-hydrogen) atoms. The number of piperidine rings is 2. The van der Waals surface area contributed by atoms with E-state index in [4.69, 9.17) is 22.8 Å². The van der Waals surface area contributed by atoms with Gasteiger partial charge in [-0.3, -0.25) is 0 Å². The quantitative estimate of drug-likeness (QED) is 0.418. The Morgan fingerprint density at radius 1 is 0.919 bits per heavy atom. The molecule has 2 radical (unpaired) electrons. The highest BCUT2D eigenvalue weighted by Gasteiger charge is 2.42. The first-order chi connectivity index (χ1) is 17.1. The normalized spacial score (nSPS) is 23.8. The minimum atomic E-state index is -0.143. The van der Waals surface area contributed by atoms with Crippen molar-refractivity contribution in [2.45, 2.75) is 148 Å². The molecule has 1 aromatic heterocycles. The van der Waals surface area contributed by atoms with E-state index in [0.29, 0.717) is 6.04 Å². The molecule has 2 fully saturated rings. The number of anilines is 2. The Kier molecular flexibility index (Phi) is 9.24. The molecule has 206 valence electrons. The number of aryl methyl sites for hydroxylation is 1. The summed E-state index contributed by atoms with van der Waals surface area (Å²) in [6.45, 7) is 25.3. The lowest BCUT2D eigenvalue weighted by atomic mass is 9.77. The third kappa shape index (κ3) is 7.84. The van der Waals surface area contributed by atoms with Gasteiger partial charge in [0.25, 0.3) is 0 Å². The molecule has 1 aromatic rings. The van der Waals surface area contributed by atoms with E-state index in [1.165, 1.54) is 0 Å². The lowest BCUT2D eigenvalue weighted by molar-refractivity contribution is 0.156. The summed E-state index contributed by atoms with van der Waals surface area (Å²) in [7, 11) is 6.89. The molecule has 2 unspecified atom stereocenters. The molecule has 2 aliphatic heterocycles. The van der Waals surface area contributed by atoms with Crippen LogP contribution in [-0.2, 0) is 0 Å². The highest BCUT2D eigenvalue weighted by atomic mass is 15.4. The van der Waals surface area contributed by atoms with Crippen molar-refractivity contribution in [1.82, 2.24) is 25.6 Å². The van der Waals surface area contributed by atoms with Gasteiger partial charge in [-0.2, -0.15) is 15.0 Å². The number of nitrogens with zero attached hydrogens (tertiary/aromatic N) is 5. The van der Waals surface area contributed by atoms with Gasteiger partial charge in [-0.1, -0.05) is 33.3 Å². The largest absolute Gasteiger partial charge is 0.384 e. The van der Waals surface area contributed by atoms with Gasteiger partial charge < -0.3 is 20.4 Å². The molecule has 0 saturated carbocycles. The highest BCUT2D eigenvalue weighted by molar-refractivity contribution is 6.13. The molecule has 8 heteroatoms. The first-order valence-corrected chi connectivity index (χ1v) is 14.4. The van der Waals surface area contributed by atoms with Crippen molar-refractivity contribution in [1.29, 1.82) is 0 Å². The van der Waals surface area contributed by atoms with Gasteiger partial charge in [0.1, 0.15) is 5.82 Å². The van der Waals surface area contributed by atoms with E-state index in [9.17, 15) is 0 Å². The number of aromatic nitrogens is 3. The lowest BCUT2D eigenvalue weighted by Crippen LogP contribution is -2.63. The molecule has 0 bridgehead atoms. The molecule has 0 spiro atoms. The van der Waals surface area contributed by atoms with Crippen LogP contribution in [0.1, 0.15) is 113 Å². The average Bonchev–Trinajstić information content (AvgIpc) is 2.70. The van der Waals surface area contributed by atoms with Crippen molar-refractivity contribution in [3.63, 3.8) is 0 Å². The number of hydrogen-bond acceptors (Lipinski definition) is 7. The summed E-state index contributed by atoms with van der Waals surface area (Å²) in [4.78, 5) is 19.7. The Morgan fingerprint density at radius 2 is 1.51 bits per heavy atom. The van der Waals surface area contributed by atoms with Crippen molar-refractivity contribution in [2.75, 3.05) is 16.3 Å². The first-order valence-electron chi connectivity index (χ1n) is 14.4. The topological polar surface area (TPSA) is 69.2 Å². The van der Waals surface area contributed by atoms with Crippen LogP contribution in [0.4, 0.5) is 11.9 Å². The third-order valence-electron chi connectivity index (χ3n) is 7.65. The monoisotopic (exact) mass is 509 g/mol. The summed E-state index contributed by atoms with van der Waals surface area (Å²) in [6, 6.07) is 0.531. The summed E-state index contributed by atoms with van der Waals surface area (Å²) in [5, 5.41) is 7.39. The number of hydrogen-bond donors (Lipinski definition) is 2. The maximum absolute atomic E-state index is 6.89. The fourth-order valence-electron chi connectivity index (χ4n) is 6.70. The van der Waals surface area contributed by atoms with Gasteiger partial charge in [-0.05, 0) is 86.5 Å². The van der Waals surface area contributed by atoms with Crippen LogP contribution in [0.15, 0.2) is 12.3 Å². The second kappa shape index (κ2) is 11.5. The van der Waals surface area contributed by atoms with Crippen LogP contribution in [0.3, 0.4) is 0 Å². The second-order valence-electron chi connectivity index (χ2n) is 13.4. The molecule has 2 saturated heterocycles. The summed E-state index contributed by atoms with van der Waals surface area (Å²) in [6.07, 6.45) is 7.98. The Hall–Kier alpha value is -1.83. The van der Waals surface area contributed by atoms with E-state index in [1.54, 1.807) is 0 Å². The molecule has 0 amide bonds. The molecule has 2 atom stereocenters. The Morgan fingerprint density at radius 3 is 2.08 bits per heavy atom. The highest BCUT2D eigenvalue weighted by Crippen LogP contribution is 2.35. The van der Waals surface area contributed by atoms with Gasteiger partial charge in [0.2, 0.25) is 11.9 Å². The van der Waals surface area contributed by atoms with Gasteiger partial charge in [0.15, 0.2) is 0 Å². The minimum Gasteiger partial charge on any atom is -0.384 e.